The summed E-state index contributed by atoms with van der Waals surface area (Å²) in [5, 5.41) is 13.3. The Morgan fingerprint density at radius 1 is 1.25 bits per heavy atom. The molecule has 1 fully saturated rings. The van der Waals surface area contributed by atoms with Crippen molar-refractivity contribution in [2.24, 2.45) is 0 Å². The Hall–Kier alpha value is -1.35. The maximum atomic E-state index is 12.0. The van der Waals surface area contributed by atoms with Gasteiger partial charge in [-0.1, -0.05) is 43.0 Å². The molecule has 2 N–H and O–H groups in total. The summed E-state index contributed by atoms with van der Waals surface area (Å²) < 4.78 is 0. The van der Waals surface area contributed by atoms with Crippen LogP contribution in [0.25, 0.3) is 0 Å². The predicted molar refractivity (Wildman–Crippen MR) is 80.7 cm³/mol. The molecule has 1 aliphatic carbocycles. The molecule has 0 spiro atoms. The Labute approximate surface area is 121 Å². The molecular weight excluding hydrogens is 250 g/mol. The molecule has 2 rings (SSSR count). The smallest absolute Gasteiger partial charge is 0.224 e. The second-order valence-corrected chi connectivity index (χ2v) is 6.17. The highest BCUT2D eigenvalue weighted by atomic mass is 16.3. The fourth-order valence-electron chi connectivity index (χ4n) is 2.88. The average molecular weight is 275 g/mol. The Kier molecular flexibility index (Phi) is 4.81. The number of benzene rings is 1. The van der Waals surface area contributed by atoms with Crippen molar-refractivity contribution < 1.29 is 9.90 Å². The zero-order chi connectivity index (χ0) is 14.6. The summed E-state index contributed by atoms with van der Waals surface area (Å²) in [6.45, 7) is 4.44. The first-order valence-electron chi connectivity index (χ1n) is 7.54. The van der Waals surface area contributed by atoms with Crippen molar-refractivity contribution in [3.8, 4) is 0 Å². The number of aryl methyl sites for hydroxylation is 2. The molecule has 1 aromatic rings. The minimum absolute atomic E-state index is 0.00213. The first kappa shape index (κ1) is 15.0. The van der Waals surface area contributed by atoms with Crippen LogP contribution in [0, 0.1) is 13.8 Å². The third-order valence-electron chi connectivity index (χ3n) is 4.25. The molecule has 1 aromatic carbocycles. The van der Waals surface area contributed by atoms with E-state index in [-0.39, 0.29) is 5.91 Å². The second kappa shape index (κ2) is 6.40. The van der Waals surface area contributed by atoms with Crippen molar-refractivity contribution in [3.63, 3.8) is 0 Å². The molecular formula is C17H25NO2. The molecule has 1 saturated carbocycles. The van der Waals surface area contributed by atoms with Gasteiger partial charge >= 0.3 is 0 Å². The third-order valence-corrected chi connectivity index (χ3v) is 4.25. The van der Waals surface area contributed by atoms with Gasteiger partial charge in [0.1, 0.15) is 0 Å². The summed E-state index contributed by atoms with van der Waals surface area (Å²) in [4.78, 5) is 12.0. The van der Waals surface area contributed by atoms with Crippen LogP contribution in [0.5, 0.6) is 0 Å². The maximum absolute atomic E-state index is 12.0. The van der Waals surface area contributed by atoms with Gasteiger partial charge in [0.15, 0.2) is 0 Å². The first-order chi connectivity index (χ1) is 9.48. The molecule has 0 heterocycles. The van der Waals surface area contributed by atoms with Crippen LogP contribution in [0.3, 0.4) is 0 Å². The molecule has 1 amide bonds. The van der Waals surface area contributed by atoms with Gasteiger partial charge in [0.05, 0.1) is 12.0 Å². The van der Waals surface area contributed by atoms with Gasteiger partial charge in [-0.2, -0.15) is 0 Å². The molecule has 0 saturated heterocycles. The highest BCUT2D eigenvalue weighted by molar-refractivity contribution is 5.79. The number of aliphatic hydroxyl groups is 1. The number of carbonyl (C=O) groups excluding carboxylic acids is 1. The Morgan fingerprint density at radius 3 is 2.65 bits per heavy atom. The standard InChI is InChI=1S/C17H25NO2/c1-13-6-7-14(2)15(10-13)11-16(19)18-12-17(20)8-4-3-5-9-17/h6-7,10,20H,3-5,8-9,11-12H2,1-2H3,(H,18,19). The number of hydrogen-bond acceptors (Lipinski definition) is 2. The number of carbonyl (C=O) groups is 1. The van der Waals surface area contributed by atoms with E-state index in [1.807, 2.05) is 19.9 Å². The van der Waals surface area contributed by atoms with Gasteiger partial charge in [-0.25, -0.2) is 0 Å². The van der Waals surface area contributed by atoms with Crippen LogP contribution in [0.15, 0.2) is 18.2 Å². The lowest BCUT2D eigenvalue weighted by atomic mass is 9.85. The third kappa shape index (κ3) is 4.07. The number of hydrogen-bond donors (Lipinski definition) is 2. The molecule has 0 unspecified atom stereocenters. The number of rotatable bonds is 4. The lowest BCUT2D eigenvalue weighted by Crippen LogP contribution is -2.44. The molecule has 0 bridgehead atoms. The SMILES string of the molecule is Cc1ccc(C)c(CC(=O)NCC2(O)CCCCC2)c1. The van der Waals surface area contributed by atoms with Crippen molar-refractivity contribution in [2.45, 2.75) is 58.0 Å². The van der Waals surface area contributed by atoms with E-state index in [1.54, 1.807) is 0 Å². The highest BCUT2D eigenvalue weighted by Crippen LogP contribution is 2.27. The van der Waals surface area contributed by atoms with E-state index in [4.69, 9.17) is 0 Å². The zero-order valence-electron chi connectivity index (χ0n) is 12.5. The van der Waals surface area contributed by atoms with Gasteiger partial charge in [-0.3, -0.25) is 4.79 Å². The molecule has 110 valence electrons. The van der Waals surface area contributed by atoms with Crippen molar-refractivity contribution in [1.29, 1.82) is 0 Å². The van der Waals surface area contributed by atoms with E-state index in [1.165, 1.54) is 12.0 Å². The molecule has 3 nitrogen and oxygen atoms in total. The summed E-state index contributed by atoms with van der Waals surface area (Å²) in [7, 11) is 0. The summed E-state index contributed by atoms with van der Waals surface area (Å²) >= 11 is 0. The van der Waals surface area contributed by atoms with Crippen molar-refractivity contribution in [1.82, 2.24) is 5.32 Å². The number of nitrogens with one attached hydrogen (secondary N) is 1. The average Bonchev–Trinajstić information content (AvgIpc) is 2.42. The molecule has 0 radical (unpaired) electrons. The minimum Gasteiger partial charge on any atom is -0.388 e. The Balaban J connectivity index is 1.87. The van der Waals surface area contributed by atoms with Gasteiger partial charge in [-0.15, -0.1) is 0 Å². The highest BCUT2D eigenvalue weighted by Gasteiger charge is 2.29. The van der Waals surface area contributed by atoms with Crippen LogP contribution in [-0.4, -0.2) is 23.2 Å². The van der Waals surface area contributed by atoms with Crippen molar-refractivity contribution in [3.05, 3.63) is 34.9 Å². The monoisotopic (exact) mass is 275 g/mol. The minimum atomic E-state index is -0.685. The zero-order valence-corrected chi connectivity index (χ0v) is 12.5. The molecule has 3 heteroatoms. The second-order valence-electron chi connectivity index (χ2n) is 6.17. The van der Waals surface area contributed by atoms with Crippen LogP contribution in [-0.2, 0) is 11.2 Å². The fourth-order valence-corrected chi connectivity index (χ4v) is 2.88. The summed E-state index contributed by atoms with van der Waals surface area (Å²) in [5.41, 5.74) is 2.69. The van der Waals surface area contributed by atoms with Crippen LogP contribution in [0.2, 0.25) is 0 Å². The van der Waals surface area contributed by atoms with E-state index >= 15 is 0 Å². The lowest BCUT2D eigenvalue weighted by molar-refractivity contribution is -0.122. The molecule has 0 aromatic heterocycles. The molecule has 20 heavy (non-hydrogen) atoms. The summed E-state index contributed by atoms with van der Waals surface area (Å²) in [6, 6.07) is 6.17. The number of amides is 1. The van der Waals surface area contributed by atoms with Crippen molar-refractivity contribution in [2.75, 3.05) is 6.54 Å². The van der Waals surface area contributed by atoms with Crippen molar-refractivity contribution >= 4 is 5.91 Å². The summed E-state index contributed by atoms with van der Waals surface area (Å²) in [6.07, 6.45) is 5.31. The van der Waals surface area contributed by atoms with Gasteiger partial charge in [0, 0.05) is 6.54 Å². The molecule has 0 atom stereocenters. The largest absolute Gasteiger partial charge is 0.388 e. The predicted octanol–water partition coefficient (Wildman–Crippen LogP) is 2.66. The van der Waals surface area contributed by atoms with E-state index < -0.39 is 5.60 Å². The molecule has 0 aliphatic heterocycles. The fraction of sp³-hybridized carbons (Fsp3) is 0.588. The van der Waals surface area contributed by atoms with Gasteiger partial charge < -0.3 is 10.4 Å². The van der Waals surface area contributed by atoms with Gasteiger partial charge in [-0.05, 0) is 37.8 Å². The van der Waals surface area contributed by atoms with Gasteiger partial charge in [0.2, 0.25) is 5.91 Å². The van der Waals surface area contributed by atoms with Crippen LogP contribution in [0.4, 0.5) is 0 Å². The van der Waals surface area contributed by atoms with E-state index in [9.17, 15) is 9.90 Å². The Bertz CT molecular complexity index is 476. The maximum Gasteiger partial charge on any atom is 0.224 e. The first-order valence-corrected chi connectivity index (χ1v) is 7.54. The van der Waals surface area contributed by atoms with E-state index in [0.717, 1.165) is 36.8 Å². The normalized spacial score (nSPS) is 17.8. The van der Waals surface area contributed by atoms with Crippen LogP contribution < -0.4 is 5.32 Å². The summed E-state index contributed by atoms with van der Waals surface area (Å²) in [5.74, 6) is -0.00213. The quantitative estimate of drug-likeness (QED) is 0.887. The van der Waals surface area contributed by atoms with Gasteiger partial charge in [0.25, 0.3) is 0 Å². The topological polar surface area (TPSA) is 49.3 Å². The van der Waals surface area contributed by atoms with Crippen LogP contribution in [0.1, 0.15) is 48.8 Å². The van der Waals surface area contributed by atoms with E-state index in [0.29, 0.717) is 13.0 Å². The lowest BCUT2D eigenvalue weighted by Gasteiger charge is -2.32. The molecule has 1 aliphatic rings. The van der Waals surface area contributed by atoms with E-state index in [2.05, 4.69) is 17.4 Å². The Morgan fingerprint density at radius 2 is 1.95 bits per heavy atom. The van der Waals surface area contributed by atoms with Crippen LogP contribution >= 0.6 is 0 Å².